The predicted molar refractivity (Wildman–Crippen MR) is 97.7 cm³/mol. The lowest BCUT2D eigenvalue weighted by Gasteiger charge is -2.45. The Morgan fingerprint density at radius 2 is 1.58 bits per heavy atom. The lowest BCUT2D eigenvalue weighted by Crippen LogP contribution is -2.54. The second-order valence-corrected chi connectivity index (χ2v) is 6.87. The summed E-state index contributed by atoms with van der Waals surface area (Å²) in [7, 11) is 0. The molecule has 2 aliphatic heterocycles. The maximum absolute atomic E-state index is 12.5. The van der Waals surface area contributed by atoms with Crippen molar-refractivity contribution in [2.45, 2.75) is 25.3 Å². The summed E-state index contributed by atoms with van der Waals surface area (Å²) in [4.78, 5) is 17.6. The largest absolute Gasteiger partial charge is 0.369 e. The molecule has 2 aromatic carbocycles. The molecule has 0 unspecified atom stereocenters. The maximum atomic E-state index is 12.5. The molecule has 2 fully saturated rings. The van der Waals surface area contributed by atoms with Gasteiger partial charge in [0.25, 0.3) is 0 Å². The lowest BCUT2D eigenvalue weighted by atomic mass is 9.98. The first-order valence-electron chi connectivity index (χ1n) is 9.00. The van der Waals surface area contributed by atoms with E-state index in [4.69, 9.17) is 0 Å². The maximum Gasteiger partial charge on any atom is 0.193 e. The number of anilines is 1. The molecule has 0 aromatic heterocycles. The molecule has 3 heteroatoms. The van der Waals surface area contributed by atoms with E-state index in [-0.39, 0.29) is 5.78 Å². The fourth-order valence-electron chi connectivity index (χ4n) is 3.97. The van der Waals surface area contributed by atoms with E-state index in [9.17, 15) is 4.79 Å². The molecule has 2 heterocycles. The van der Waals surface area contributed by atoms with Crippen LogP contribution in [0, 0.1) is 0 Å². The van der Waals surface area contributed by atoms with Crippen molar-refractivity contribution in [3.8, 4) is 0 Å². The van der Waals surface area contributed by atoms with Crippen LogP contribution in [-0.2, 0) is 0 Å². The van der Waals surface area contributed by atoms with Crippen molar-refractivity contribution in [3.05, 3.63) is 65.7 Å². The zero-order valence-electron chi connectivity index (χ0n) is 14.0. The van der Waals surface area contributed by atoms with Crippen molar-refractivity contribution in [1.82, 2.24) is 4.90 Å². The summed E-state index contributed by atoms with van der Waals surface area (Å²) in [6.07, 6.45) is 4.04. The standard InChI is InChI=1S/C21H24N2O/c24-21(17-6-2-1-3-7-17)18-9-11-19(12-10-18)23-15-14-22-13-5-4-8-20(22)16-23/h1-3,6-7,9-12,20H,4-5,8,13-16H2/t20-/m1/s1. The van der Waals surface area contributed by atoms with Gasteiger partial charge in [0.1, 0.15) is 0 Å². The highest BCUT2D eigenvalue weighted by Crippen LogP contribution is 2.25. The van der Waals surface area contributed by atoms with E-state index in [0.29, 0.717) is 6.04 Å². The fraction of sp³-hybridized carbons (Fsp3) is 0.381. The van der Waals surface area contributed by atoms with Crippen molar-refractivity contribution in [2.75, 3.05) is 31.1 Å². The van der Waals surface area contributed by atoms with Gasteiger partial charge < -0.3 is 4.90 Å². The van der Waals surface area contributed by atoms with E-state index in [0.717, 1.165) is 30.8 Å². The molecular weight excluding hydrogens is 296 g/mol. The Morgan fingerprint density at radius 3 is 2.38 bits per heavy atom. The lowest BCUT2D eigenvalue weighted by molar-refractivity contribution is 0.103. The van der Waals surface area contributed by atoms with E-state index in [2.05, 4.69) is 21.9 Å². The van der Waals surface area contributed by atoms with Gasteiger partial charge in [0.15, 0.2) is 5.78 Å². The van der Waals surface area contributed by atoms with Crippen LogP contribution < -0.4 is 4.90 Å². The number of benzene rings is 2. The molecule has 0 amide bonds. The topological polar surface area (TPSA) is 23.6 Å². The number of ketones is 1. The Balaban J connectivity index is 1.47. The zero-order chi connectivity index (χ0) is 16.4. The van der Waals surface area contributed by atoms with Crippen molar-refractivity contribution in [1.29, 1.82) is 0 Å². The summed E-state index contributed by atoms with van der Waals surface area (Å²) in [5, 5.41) is 0. The molecule has 0 bridgehead atoms. The molecule has 0 radical (unpaired) electrons. The molecule has 0 N–H and O–H groups in total. The van der Waals surface area contributed by atoms with Gasteiger partial charge >= 0.3 is 0 Å². The average molecular weight is 320 g/mol. The van der Waals surface area contributed by atoms with Gasteiger partial charge in [-0.15, -0.1) is 0 Å². The van der Waals surface area contributed by atoms with E-state index in [1.54, 1.807) is 0 Å². The predicted octanol–water partition coefficient (Wildman–Crippen LogP) is 3.59. The molecule has 2 aromatic rings. The smallest absolute Gasteiger partial charge is 0.193 e. The first-order valence-corrected chi connectivity index (χ1v) is 9.00. The molecule has 0 aliphatic carbocycles. The molecule has 0 saturated carbocycles. The number of hydrogen-bond donors (Lipinski definition) is 0. The van der Waals surface area contributed by atoms with Crippen LogP contribution in [0.25, 0.3) is 0 Å². The highest BCUT2D eigenvalue weighted by Gasteiger charge is 2.28. The quantitative estimate of drug-likeness (QED) is 0.808. The molecule has 1 atom stereocenters. The Morgan fingerprint density at radius 1 is 0.833 bits per heavy atom. The molecule has 3 nitrogen and oxygen atoms in total. The van der Waals surface area contributed by atoms with E-state index >= 15 is 0 Å². The minimum absolute atomic E-state index is 0.0965. The highest BCUT2D eigenvalue weighted by molar-refractivity contribution is 6.09. The zero-order valence-corrected chi connectivity index (χ0v) is 14.0. The third kappa shape index (κ3) is 3.09. The van der Waals surface area contributed by atoms with Gasteiger partial charge in [-0.3, -0.25) is 9.69 Å². The summed E-state index contributed by atoms with van der Waals surface area (Å²) in [6.45, 7) is 4.63. The van der Waals surface area contributed by atoms with Crippen LogP contribution in [0.2, 0.25) is 0 Å². The van der Waals surface area contributed by atoms with Crippen molar-refractivity contribution >= 4 is 11.5 Å². The number of carbonyl (C=O) groups is 1. The van der Waals surface area contributed by atoms with Crippen LogP contribution >= 0.6 is 0 Å². The van der Waals surface area contributed by atoms with Gasteiger partial charge in [0.2, 0.25) is 0 Å². The fourth-order valence-corrected chi connectivity index (χ4v) is 3.97. The Hall–Kier alpha value is -2.13. The van der Waals surface area contributed by atoms with Crippen LogP contribution in [0.4, 0.5) is 5.69 Å². The summed E-state index contributed by atoms with van der Waals surface area (Å²) >= 11 is 0. The Labute approximate surface area is 143 Å². The van der Waals surface area contributed by atoms with Crippen molar-refractivity contribution < 1.29 is 4.79 Å². The molecule has 24 heavy (non-hydrogen) atoms. The SMILES string of the molecule is O=C(c1ccccc1)c1ccc(N2CCN3CCCC[C@@H]3C2)cc1. The van der Waals surface area contributed by atoms with Crippen LogP contribution in [0.15, 0.2) is 54.6 Å². The molecular formula is C21H24N2O. The molecule has 2 saturated heterocycles. The van der Waals surface area contributed by atoms with Gasteiger partial charge in [0.05, 0.1) is 0 Å². The van der Waals surface area contributed by atoms with Crippen molar-refractivity contribution in [2.24, 2.45) is 0 Å². The first-order chi connectivity index (χ1) is 11.8. The van der Waals surface area contributed by atoms with Gasteiger partial charge in [-0.25, -0.2) is 0 Å². The Kier molecular flexibility index (Phi) is 4.35. The number of carbonyl (C=O) groups excluding carboxylic acids is 1. The van der Waals surface area contributed by atoms with E-state index in [1.165, 1.54) is 31.5 Å². The van der Waals surface area contributed by atoms with E-state index < -0.39 is 0 Å². The monoisotopic (exact) mass is 320 g/mol. The van der Waals surface area contributed by atoms with Crippen LogP contribution in [0.3, 0.4) is 0 Å². The van der Waals surface area contributed by atoms with E-state index in [1.807, 2.05) is 42.5 Å². The average Bonchev–Trinajstić information content (AvgIpc) is 2.68. The summed E-state index contributed by atoms with van der Waals surface area (Å²) < 4.78 is 0. The van der Waals surface area contributed by atoms with Crippen LogP contribution in [-0.4, -0.2) is 42.9 Å². The second kappa shape index (κ2) is 6.78. The highest BCUT2D eigenvalue weighted by atomic mass is 16.1. The first kappa shape index (κ1) is 15.4. The second-order valence-electron chi connectivity index (χ2n) is 6.87. The summed E-state index contributed by atoms with van der Waals surface area (Å²) in [5.74, 6) is 0.0965. The third-order valence-electron chi connectivity index (χ3n) is 5.37. The van der Waals surface area contributed by atoms with Gasteiger partial charge in [0, 0.05) is 42.5 Å². The number of fused-ring (bicyclic) bond motifs is 1. The summed E-state index contributed by atoms with van der Waals surface area (Å²) in [5.41, 5.74) is 2.76. The Bertz CT molecular complexity index is 696. The minimum atomic E-state index is 0.0965. The molecule has 4 rings (SSSR count). The van der Waals surface area contributed by atoms with Gasteiger partial charge in [-0.1, -0.05) is 36.8 Å². The number of piperazine rings is 1. The normalized spacial score (nSPS) is 21.3. The number of piperidine rings is 1. The number of hydrogen-bond acceptors (Lipinski definition) is 3. The molecule has 124 valence electrons. The van der Waals surface area contributed by atoms with Crippen LogP contribution in [0.5, 0.6) is 0 Å². The number of nitrogens with zero attached hydrogens (tertiary/aromatic N) is 2. The van der Waals surface area contributed by atoms with Crippen molar-refractivity contribution in [3.63, 3.8) is 0 Å². The third-order valence-corrected chi connectivity index (χ3v) is 5.37. The minimum Gasteiger partial charge on any atom is -0.369 e. The van der Waals surface area contributed by atoms with Gasteiger partial charge in [-0.05, 0) is 43.7 Å². The molecule has 0 spiro atoms. The van der Waals surface area contributed by atoms with Gasteiger partial charge in [-0.2, -0.15) is 0 Å². The molecule has 2 aliphatic rings. The summed E-state index contributed by atoms with van der Waals surface area (Å²) in [6, 6.07) is 18.4. The number of rotatable bonds is 3. The van der Waals surface area contributed by atoms with Crippen LogP contribution in [0.1, 0.15) is 35.2 Å².